The third kappa shape index (κ3) is 6.97. The van der Waals surface area contributed by atoms with Crippen molar-refractivity contribution in [2.45, 2.75) is 69.1 Å². The van der Waals surface area contributed by atoms with Crippen molar-refractivity contribution in [2.24, 2.45) is 5.92 Å². The van der Waals surface area contributed by atoms with Gasteiger partial charge in [0.15, 0.2) is 9.84 Å². The van der Waals surface area contributed by atoms with Crippen LogP contribution in [0.15, 0.2) is 29.2 Å². The molecule has 0 atom stereocenters. The predicted octanol–water partition coefficient (Wildman–Crippen LogP) is 3.88. The third-order valence-electron chi connectivity index (χ3n) is 5.71. The van der Waals surface area contributed by atoms with E-state index in [0.717, 1.165) is 12.1 Å². The van der Waals surface area contributed by atoms with E-state index in [1.807, 2.05) is 32.7 Å². The van der Waals surface area contributed by atoms with Crippen LogP contribution in [0, 0.1) is 5.92 Å². The monoisotopic (exact) mass is 448 g/mol. The summed E-state index contributed by atoms with van der Waals surface area (Å²) < 4.78 is 63.8. The van der Waals surface area contributed by atoms with Crippen molar-refractivity contribution in [1.29, 1.82) is 0 Å². The highest BCUT2D eigenvalue weighted by Crippen LogP contribution is 2.32. The lowest BCUT2D eigenvalue weighted by atomic mass is 9.87. The van der Waals surface area contributed by atoms with Gasteiger partial charge in [-0.15, -0.1) is 0 Å². The molecule has 30 heavy (non-hydrogen) atoms. The van der Waals surface area contributed by atoms with Gasteiger partial charge in [-0.05, 0) is 77.6 Å². The van der Waals surface area contributed by atoms with Gasteiger partial charge in [0, 0.05) is 11.6 Å². The van der Waals surface area contributed by atoms with Crippen molar-refractivity contribution in [1.82, 2.24) is 10.2 Å². The molecule has 0 radical (unpaired) electrons. The summed E-state index contributed by atoms with van der Waals surface area (Å²) >= 11 is 0. The second kappa shape index (κ2) is 9.26. The molecule has 0 unspecified atom stereocenters. The normalized spacial score (nSPS) is 20.9. The molecule has 0 bridgehead atoms. The summed E-state index contributed by atoms with van der Waals surface area (Å²) in [6.07, 6.45) is -2.04. The lowest BCUT2D eigenvalue weighted by Gasteiger charge is -2.33. The number of alkyl halides is 3. The molecule has 1 saturated carbocycles. The number of halogens is 3. The average molecular weight is 449 g/mol. The van der Waals surface area contributed by atoms with Crippen LogP contribution in [0.4, 0.5) is 13.2 Å². The van der Waals surface area contributed by atoms with Crippen LogP contribution in [0.25, 0.3) is 0 Å². The molecule has 1 N–H and O–H groups in total. The summed E-state index contributed by atoms with van der Waals surface area (Å²) in [7, 11) is -1.93. The Labute approximate surface area is 176 Å². The van der Waals surface area contributed by atoms with E-state index in [-0.39, 0.29) is 40.6 Å². The highest BCUT2D eigenvalue weighted by atomic mass is 32.2. The largest absolute Gasteiger partial charge is 0.416 e. The van der Waals surface area contributed by atoms with Crippen molar-refractivity contribution in [3.63, 3.8) is 0 Å². The molecule has 1 aromatic carbocycles. The summed E-state index contributed by atoms with van der Waals surface area (Å²) in [5.41, 5.74) is -1.08. The maximum absolute atomic E-state index is 12.9. The number of hydrogen-bond donors (Lipinski definition) is 1. The smallest absolute Gasteiger partial charge is 0.352 e. The van der Waals surface area contributed by atoms with Crippen LogP contribution in [0.3, 0.4) is 0 Å². The molecule has 1 aromatic rings. The van der Waals surface area contributed by atoms with Gasteiger partial charge in [-0.25, -0.2) is 8.42 Å². The van der Waals surface area contributed by atoms with Gasteiger partial charge in [0.25, 0.3) is 0 Å². The number of hydrogen-bond acceptors (Lipinski definition) is 4. The van der Waals surface area contributed by atoms with Gasteiger partial charge >= 0.3 is 6.18 Å². The molecule has 1 aliphatic rings. The van der Waals surface area contributed by atoms with Gasteiger partial charge in [-0.2, -0.15) is 13.2 Å². The van der Waals surface area contributed by atoms with Crippen LogP contribution in [0.1, 0.15) is 52.0 Å². The van der Waals surface area contributed by atoms with E-state index in [1.165, 1.54) is 6.07 Å². The van der Waals surface area contributed by atoms with Crippen molar-refractivity contribution in [2.75, 3.05) is 19.3 Å². The van der Waals surface area contributed by atoms with Crippen LogP contribution >= 0.6 is 0 Å². The molecule has 0 spiro atoms. The second-order valence-corrected chi connectivity index (χ2v) is 11.2. The quantitative estimate of drug-likeness (QED) is 0.717. The highest BCUT2D eigenvalue weighted by Gasteiger charge is 2.33. The Kier molecular flexibility index (Phi) is 7.61. The molecule has 2 rings (SSSR count). The fourth-order valence-electron chi connectivity index (χ4n) is 3.47. The first kappa shape index (κ1) is 24.7. The third-order valence-corrected chi connectivity index (χ3v) is 7.60. The maximum Gasteiger partial charge on any atom is 0.416 e. The maximum atomic E-state index is 12.9. The summed E-state index contributed by atoms with van der Waals surface area (Å²) in [6, 6.07) is 3.90. The Bertz CT molecular complexity index is 840. The highest BCUT2D eigenvalue weighted by molar-refractivity contribution is 7.91. The number of rotatable bonds is 6. The predicted molar refractivity (Wildman–Crippen MR) is 110 cm³/mol. The number of carbonyl (C=O) groups excluding carboxylic acids is 1. The van der Waals surface area contributed by atoms with E-state index >= 15 is 0 Å². The summed E-state index contributed by atoms with van der Waals surface area (Å²) in [5.74, 6) is -0.371. The summed E-state index contributed by atoms with van der Waals surface area (Å²) in [4.78, 5) is 13.9. The van der Waals surface area contributed by atoms with Crippen LogP contribution in [0.5, 0.6) is 0 Å². The van der Waals surface area contributed by atoms with E-state index < -0.39 is 21.6 Å². The van der Waals surface area contributed by atoms with Crippen molar-refractivity contribution >= 4 is 15.7 Å². The van der Waals surface area contributed by atoms with Crippen LogP contribution in [0.2, 0.25) is 0 Å². The van der Waals surface area contributed by atoms with E-state index in [9.17, 15) is 26.4 Å². The van der Waals surface area contributed by atoms with E-state index in [0.29, 0.717) is 31.7 Å². The minimum Gasteiger partial charge on any atom is -0.352 e. The first-order valence-corrected chi connectivity index (χ1v) is 11.7. The zero-order chi connectivity index (χ0) is 22.7. The Balaban J connectivity index is 1.89. The molecule has 1 amide bonds. The Morgan fingerprint density at radius 1 is 1.13 bits per heavy atom. The molecule has 170 valence electrons. The van der Waals surface area contributed by atoms with E-state index in [1.54, 1.807) is 0 Å². The van der Waals surface area contributed by atoms with Gasteiger partial charge in [0.2, 0.25) is 5.91 Å². The van der Waals surface area contributed by atoms with Crippen molar-refractivity contribution in [3.05, 3.63) is 29.8 Å². The zero-order valence-corrected chi connectivity index (χ0v) is 18.7. The Morgan fingerprint density at radius 3 is 2.27 bits per heavy atom. The average Bonchev–Trinajstić information content (AvgIpc) is 2.61. The second-order valence-electron chi connectivity index (χ2n) is 9.12. The van der Waals surface area contributed by atoms with E-state index in [2.05, 4.69) is 5.32 Å². The van der Waals surface area contributed by atoms with Gasteiger partial charge < -0.3 is 5.32 Å². The number of sulfone groups is 1. The first-order chi connectivity index (χ1) is 13.7. The molecule has 1 fully saturated rings. The molecular formula is C21H31F3N2O3S. The molecule has 9 heteroatoms. The number of carbonyl (C=O) groups is 1. The molecule has 0 saturated heterocycles. The summed E-state index contributed by atoms with van der Waals surface area (Å²) in [6.45, 7) is 6.36. The molecule has 5 nitrogen and oxygen atoms in total. The molecule has 0 aliphatic heterocycles. The van der Waals surface area contributed by atoms with Crippen molar-refractivity contribution in [3.8, 4) is 0 Å². The lowest BCUT2D eigenvalue weighted by Crippen LogP contribution is -2.47. The zero-order valence-electron chi connectivity index (χ0n) is 17.9. The van der Waals surface area contributed by atoms with Crippen LogP contribution < -0.4 is 5.32 Å². The van der Waals surface area contributed by atoms with Gasteiger partial charge in [-0.3, -0.25) is 9.69 Å². The molecule has 0 aromatic heterocycles. The molecule has 0 heterocycles. The van der Waals surface area contributed by atoms with Gasteiger partial charge in [0.1, 0.15) is 0 Å². The Hall–Kier alpha value is -1.61. The topological polar surface area (TPSA) is 66.5 Å². The number of likely N-dealkylation sites (N-methyl/N-ethyl adjacent to an activating group) is 1. The van der Waals surface area contributed by atoms with Gasteiger partial charge in [0.05, 0.1) is 22.8 Å². The summed E-state index contributed by atoms with van der Waals surface area (Å²) in [5, 5.41) is 3.01. The van der Waals surface area contributed by atoms with E-state index in [4.69, 9.17) is 0 Å². The van der Waals surface area contributed by atoms with Crippen LogP contribution in [-0.2, 0) is 20.8 Å². The molecule has 1 aliphatic carbocycles. The Morgan fingerprint density at radius 2 is 1.73 bits per heavy atom. The van der Waals surface area contributed by atoms with Crippen molar-refractivity contribution < 1.29 is 26.4 Å². The first-order valence-electron chi connectivity index (χ1n) is 10.1. The lowest BCUT2D eigenvalue weighted by molar-refractivity contribution is -0.137. The number of benzene rings is 1. The van der Waals surface area contributed by atoms with Gasteiger partial charge in [-0.1, -0.05) is 6.07 Å². The standard InChI is InChI=1S/C21H31F3N2O3S/c1-20(2,3)26(4)13-19(27)25-17-10-8-15(9-11-17)14-30(28,29)18-7-5-6-16(12-18)21(22,23)24/h5-7,12,15,17H,8-11,13-14H2,1-4H3,(H,25,27). The fraction of sp³-hybridized carbons (Fsp3) is 0.667. The fourth-order valence-corrected chi connectivity index (χ4v) is 5.21. The molecular weight excluding hydrogens is 417 g/mol. The SMILES string of the molecule is CN(CC(=O)NC1CCC(CS(=O)(=O)c2cccc(C(F)(F)F)c2)CC1)C(C)(C)C. The number of amides is 1. The number of nitrogens with one attached hydrogen (secondary N) is 1. The van der Waals surface area contributed by atoms with Crippen LogP contribution in [-0.4, -0.2) is 50.2 Å². The minimum absolute atomic E-state index is 0.00150. The minimum atomic E-state index is -4.58. The number of nitrogens with zero attached hydrogens (tertiary/aromatic N) is 1.